The predicted octanol–water partition coefficient (Wildman–Crippen LogP) is 4.42. The molecule has 0 atom stereocenters. The molecule has 0 bridgehead atoms. The summed E-state index contributed by atoms with van der Waals surface area (Å²) in [6, 6.07) is 16.8. The number of nitrogens with zero attached hydrogens (tertiary/aromatic N) is 1. The van der Waals surface area contributed by atoms with E-state index in [0.29, 0.717) is 18.1 Å². The normalized spacial score (nSPS) is 11.2. The van der Waals surface area contributed by atoms with E-state index in [1.165, 1.54) is 11.8 Å². The van der Waals surface area contributed by atoms with Crippen LogP contribution in [0.2, 0.25) is 0 Å². The van der Waals surface area contributed by atoms with Gasteiger partial charge in [0.05, 0.1) is 16.8 Å². The van der Waals surface area contributed by atoms with Crippen LogP contribution in [0.5, 0.6) is 0 Å². The lowest BCUT2D eigenvalue weighted by Gasteiger charge is -2.11. The molecular formula is C21H23N3O2S. The van der Waals surface area contributed by atoms with Crippen molar-refractivity contribution >= 4 is 21.5 Å². The topological polar surface area (TPSA) is 71.1 Å². The fourth-order valence-electron chi connectivity index (χ4n) is 2.67. The van der Waals surface area contributed by atoms with E-state index >= 15 is 0 Å². The molecule has 0 saturated heterocycles. The SMILES string of the molecule is Cc1cccc(CNc2ccc(NS(=O)(=O)c3ccc(C)c(C)c3)cn2)c1. The van der Waals surface area contributed by atoms with E-state index in [1.54, 1.807) is 30.3 Å². The molecule has 2 N–H and O–H groups in total. The summed E-state index contributed by atoms with van der Waals surface area (Å²) in [7, 11) is -3.64. The lowest BCUT2D eigenvalue weighted by atomic mass is 10.1. The number of hydrogen-bond donors (Lipinski definition) is 2. The lowest BCUT2D eigenvalue weighted by molar-refractivity contribution is 0.601. The Bertz CT molecular complexity index is 1050. The third-order valence-electron chi connectivity index (χ3n) is 4.36. The number of hydrogen-bond acceptors (Lipinski definition) is 4. The standard InChI is InChI=1S/C21H23N3O2S/c1-15-5-4-6-18(11-15)13-22-21-10-8-19(14-23-21)24-27(25,26)20-9-7-16(2)17(3)12-20/h4-12,14,24H,13H2,1-3H3,(H,22,23). The quantitative estimate of drug-likeness (QED) is 0.663. The minimum atomic E-state index is -3.64. The van der Waals surface area contributed by atoms with Gasteiger partial charge in [-0.2, -0.15) is 0 Å². The van der Waals surface area contributed by atoms with Gasteiger partial charge in [-0.25, -0.2) is 13.4 Å². The van der Waals surface area contributed by atoms with E-state index in [4.69, 9.17) is 0 Å². The summed E-state index contributed by atoms with van der Waals surface area (Å²) in [5, 5.41) is 3.24. The molecule has 5 nitrogen and oxygen atoms in total. The second-order valence-electron chi connectivity index (χ2n) is 6.63. The third-order valence-corrected chi connectivity index (χ3v) is 5.74. The molecule has 1 heterocycles. The number of aryl methyl sites for hydroxylation is 3. The van der Waals surface area contributed by atoms with Crippen LogP contribution in [-0.4, -0.2) is 13.4 Å². The molecule has 0 saturated carbocycles. The molecular weight excluding hydrogens is 358 g/mol. The van der Waals surface area contributed by atoms with Crippen LogP contribution < -0.4 is 10.0 Å². The van der Waals surface area contributed by atoms with Crippen LogP contribution in [0.1, 0.15) is 22.3 Å². The van der Waals surface area contributed by atoms with E-state index < -0.39 is 10.0 Å². The number of rotatable bonds is 6. The molecule has 1 aromatic heterocycles. The first-order chi connectivity index (χ1) is 12.8. The van der Waals surface area contributed by atoms with Crippen LogP contribution >= 0.6 is 0 Å². The molecule has 0 unspecified atom stereocenters. The molecule has 0 spiro atoms. The molecule has 6 heteroatoms. The first-order valence-corrected chi connectivity index (χ1v) is 10.2. The van der Waals surface area contributed by atoms with Gasteiger partial charge in [0.25, 0.3) is 10.0 Å². The van der Waals surface area contributed by atoms with E-state index in [9.17, 15) is 8.42 Å². The fraction of sp³-hybridized carbons (Fsp3) is 0.190. The molecule has 0 amide bonds. The number of nitrogens with one attached hydrogen (secondary N) is 2. The van der Waals surface area contributed by atoms with Crippen LogP contribution in [0.4, 0.5) is 11.5 Å². The number of pyridine rings is 1. The van der Waals surface area contributed by atoms with Crippen molar-refractivity contribution in [2.75, 3.05) is 10.0 Å². The largest absolute Gasteiger partial charge is 0.366 e. The summed E-state index contributed by atoms with van der Waals surface area (Å²) in [5.41, 5.74) is 4.79. The highest BCUT2D eigenvalue weighted by Gasteiger charge is 2.15. The van der Waals surface area contributed by atoms with Crippen molar-refractivity contribution < 1.29 is 8.42 Å². The zero-order valence-electron chi connectivity index (χ0n) is 15.7. The summed E-state index contributed by atoms with van der Waals surface area (Å²) < 4.78 is 27.6. The molecule has 140 valence electrons. The van der Waals surface area contributed by atoms with Crippen LogP contribution in [0.3, 0.4) is 0 Å². The maximum Gasteiger partial charge on any atom is 0.261 e. The van der Waals surface area contributed by atoms with Crippen molar-refractivity contribution in [2.45, 2.75) is 32.2 Å². The van der Waals surface area contributed by atoms with Gasteiger partial charge in [-0.1, -0.05) is 35.9 Å². The third kappa shape index (κ3) is 4.86. The second kappa shape index (κ2) is 7.80. The Kier molecular flexibility index (Phi) is 5.46. The van der Waals surface area contributed by atoms with Gasteiger partial charge < -0.3 is 5.32 Å². The second-order valence-corrected chi connectivity index (χ2v) is 8.31. The van der Waals surface area contributed by atoms with Crippen molar-refractivity contribution in [3.63, 3.8) is 0 Å². The van der Waals surface area contributed by atoms with E-state index in [2.05, 4.69) is 34.1 Å². The molecule has 3 aromatic rings. The molecule has 0 radical (unpaired) electrons. The van der Waals surface area contributed by atoms with E-state index in [1.807, 2.05) is 26.0 Å². The molecule has 2 aromatic carbocycles. The van der Waals surface area contributed by atoms with Gasteiger partial charge in [0, 0.05) is 6.54 Å². The van der Waals surface area contributed by atoms with Gasteiger partial charge >= 0.3 is 0 Å². The minimum Gasteiger partial charge on any atom is -0.366 e. The van der Waals surface area contributed by atoms with Crippen molar-refractivity contribution in [1.29, 1.82) is 0 Å². The predicted molar refractivity (Wildman–Crippen MR) is 109 cm³/mol. The van der Waals surface area contributed by atoms with Gasteiger partial charge in [-0.05, 0) is 61.7 Å². The summed E-state index contributed by atoms with van der Waals surface area (Å²) in [5.74, 6) is 0.686. The summed E-state index contributed by atoms with van der Waals surface area (Å²) >= 11 is 0. The molecule has 27 heavy (non-hydrogen) atoms. The number of aromatic nitrogens is 1. The Hall–Kier alpha value is -2.86. The van der Waals surface area contributed by atoms with Crippen molar-refractivity contribution in [3.8, 4) is 0 Å². The van der Waals surface area contributed by atoms with Crippen LogP contribution in [0.15, 0.2) is 65.7 Å². The molecule has 0 aliphatic rings. The Balaban J connectivity index is 1.67. The van der Waals surface area contributed by atoms with Gasteiger partial charge in [0.2, 0.25) is 0 Å². The molecule has 3 rings (SSSR count). The average molecular weight is 382 g/mol. The zero-order valence-corrected chi connectivity index (χ0v) is 16.5. The van der Waals surface area contributed by atoms with Crippen molar-refractivity contribution in [3.05, 3.63) is 83.0 Å². The number of sulfonamides is 1. The molecule has 0 fully saturated rings. The smallest absolute Gasteiger partial charge is 0.261 e. The highest BCUT2D eigenvalue weighted by atomic mass is 32.2. The van der Waals surface area contributed by atoms with Crippen LogP contribution in [0, 0.1) is 20.8 Å². The summed E-state index contributed by atoms with van der Waals surface area (Å²) in [6.07, 6.45) is 1.51. The van der Waals surface area contributed by atoms with Gasteiger partial charge in [0.15, 0.2) is 0 Å². The first-order valence-electron chi connectivity index (χ1n) is 8.69. The fourth-order valence-corrected chi connectivity index (χ4v) is 3.80. The van der Waals surface area contributed by atoms with Crippen molar-refractivity contribution in [1.82, 2.24) is 4.98 Å². The lowest BCUT2D eigenvalue weighted by Crippen LogP contribution is -2.13. The van der Waals surface area contributed by atoms with Gasteiger partial charge in [-0.15, -0.1) is 0 Å². The maximum atomic E-state index is 12.5. The summed E-state index contributed by atoms with van der Waals surface area (Å²) in [6.45, 7) is 6.55. The Morgan fingerprint density at radius 3 is 2.41 bits per heavy atom. The average Bonchev–Trinajstić information content (AvgIpc) is 2.63. The number of benzene rings is 2. The Morgan fingerprint density at radius 1 is 0.926 bits per heavy atom. The summed E-state index contributed by atoms with van der Waals surface area (Å²) in [4.78, 5) is 4.53. The molecule has 0 aliphatic heterocycles. The minimum absolute atomic E-state index is 0.243. The maximum absolute atomic E-state index is 12.5. The van der Waals surface area contributed by atoms with Gasteiger partial charge in [-0.3, -0.25) is 4.72 Å². The monoisotopic (exact) mass is 381 g/mol. The van der Waals surface area contributed by atoms with Crippen molar-refractivity contribution in [2.24, 2.45) is 0 Å². The number of anilines is 2. The Labute approximate surface area is 160 Å². The van der Waals surface area contributed by atoms with E-state index in [0.717, 1.165) is 16.7 Å². The highest BCUT2D eigenvalue weighted by Crippen LogP contribution is 2.19. The van der Waals surface area contributed by atoms with Gasteiger partial charge in [0.1, 0.15) is 5.82 Å². The Morgan fingerprint density at radius 2 is 1.74 bits per heavy atom. The molecule has 0 aliphatic carbocycles. The van der Waals surface area contributed by atoms with E-state index in [-0.39, 0.29) is 4.90 Å². The zero-order chi connectivity index (χ0) is 19.4. The first kappa shape index (κ1) is 18.9. The highest BCUT2D eigenvalue weighted by molar-refractivity contribution is 7.92. The van der Waals surface area contributed by atoms with Crippen LogP contribution in [-0.2, 0) is 16.6 Å². The van der Waals surface area contributed by atoms with Crippen LogP contribution in [0.25, 0.3) is 0 Å².